The van der Waals surface area contributed by atoms with Gasteiger partial charge in [-0.2, -0.15) is 0 Å². The van der Waals surface area contributed by atoms with Crippen LogP contribution in [0.3, 0.4) is 0 Å². The van der Waals surface area contributed by atoms with E-state index in [1.807, 2.05) is 30.6 Å². The number of aromatic nitrogens is 3. The maximum Gasteiger partial charge on any atom is 0.123 e. The predicted octanol–water partition coefficient (Wildman–Crippen LogP) is 3.51. The van der Waals surface area contributed by atoms with Crippen molar-refractivity contribution in [3.63, 3.8) is 0 Å². The molecule has 1 aliphatic heterocycles. The third-order valence-corrected chi connectivity index (χ3v) is 5.02. The first-order valence-corrected chi connectivity index (χ1v) is 9.64. The lowest BCUT2D eigenvalue weighted by Gasteiger charge is -2.32. The van der Waals surface area contributed by atoms with Gasteiger partial charge in [-0.15, -0.1) is 0 Å². The van der Waals surface area contributed by atoms with E-state index in [0.717, 1.165) is 50.5 Å². The minimum Gasteiger partial charge on any atom is -0.371 e. The Hall–Kier alpha value is -2.50. The summed E-state index contributed by atoms with van der Waals surface area (Å²) in [6.45, 7) is 4.36. The molecule has 140 valence electrons. The van der Waals surface area contributed by atoms with Gasteiger partial charge in [0.05, 0.1) is 24.9 Å². The van der Waals surface area contributed by atoms with Crippen LogP contribution in [-0.2, 0) is 24.4 Å². The molecule has 1 fully saturated rings. The van der Waals surface area contributed by atoms with Crippen LogP contribution in [-0.4, -0.2) is 38.6 Å². The third kappa shape index (κ3) is 5.02. The summed E-state index contributed by atoms with van der Waals surface area (Å²) in [6, 6.07) is 16.5. The number of piperidine rings is 1. The Morgan fingerprint density at radius 3 is 2.70 bits per heavy atom. The van der Waals surface area contributed by atoms with Crippen LogP contribution in [0.4, 0.5) is 0 Å². The number of rotatable bonds is 7. The maximum atomic E-state index is 6.11. The van der Waals surface area contributed by atoms with Gasteiger partial charge < -0.3 is 9.30 Å². The molecule has 0 saturated carbocycles. The molecule has 4 rings (SSSR count). The molecular formula is C22H26N4O. The van der Waals surface area contributed by atoms with Gasteiger partial charge in [-0.1, -0.05) is 36.4 Å². The number of benzene rings is 1. The van der Waals surface area contributed by atoms with Gasteiger partial charge in [-0.25, -0.2) is 4.98 Å². The smallest absolute Gasteiger partial charge is 0.123 e. The molecule has 3 aromatic rings. The SMILES string of the molecule is c1ccc(Cn2ccnc2CN2CCCC(OCc3ccccn3)C2)cc1. The summed E-state index contributed by atoms with van der Waals surface area (Å²) in [4.78, 5) is 11.4. The van der Waals surface area contributed by atoms with Crippen LogP contribution in [0.15, 0.2) is 67.1 Å². The highest BCUT2D eigenvalue weighted by Gasteiger charge is 2.22. The van der Waals surface area contributed by atoms with E-state index < -0.39 is 0 Å². The summed E-state index contributed by atoms with van der Waals surface area (Å²) in [7, 11) is 0. The zero-order chi connectivity index (χ0) is 18.3. The Bertz CT molecular complexity index is 819. The highest BCUT2D eigenvalue weighted by atomic mass is 16.5. The minimum atomic E-state index is 0.262. The lowest BCUT2D eigenvalue weighted by Crippen LogP contribution is -2.39. The second-order valence-corrected chi connectivity index (χ2v) is 7.09. The standard InChI is InChI=1S/C22H26N4O/c1-2-7-19(8-3-1)15-26-14-12-24-22(26)17-25-13-6-10-21(16-25)27-18-20-9-4-5-11-23-20/h1-5,7-9,11-12,14,21H,6,10,13,15-18H2. The molecule has 0 bridgehead atoms. The number of likely N-dealkylation sites (tertiary alicyclic amines) is 1. The van der Waals surface area contributed by atoms with E-state index in [1.54, 1.807) is 0 Å². The molecule has 1 aromatic carbocycles. The first-order valence-electron chi connectivity index (χ1n) is 9.64. The van der Waals surface area contributed by atoms with Gasteiger partial charge in [0, 0.05) is 31.7 Å². The summed E-state index contributed by atoms with van der Waals surface area (Å²) in [5.74, 6) is 1.12. The second-order valence-electron chi connectivity index (χ2n) is 7.09. The maximum absolute atomic E-state index is 6.11. The molecule has 0 spiro atoms. The fraction of sp³-hybridized carbons (Fsp3) is 0.364. The molecule has 0 radical (unpaired) electrons. The van der Waals surface area contributed by atoms with Crippen LogP contribution in [0.25, 0.3) is 0 Å². The molecule has 0 N–H and O–H groups in total. The van der Waals surface area contributed by atoms with Gasteiger partial charge in [-0.3, -0.25) is 9.88 Å². The molecule has 0 aliphatic carbocycles. The first-order chi connectivity index (χ1) is 13.4. The Morgan fingerprint density at radius 1 is 0.963 bits per heavy atom. The molecule has 5 nitrogen and oxygen atoms in total. The average molecular weight is 362 g/mol. The molecule has 27 heavy (non-hydrogen) atoms. The molecule has 5 heteroatoms. The zero-order valence-corrected chi connectivity index (χ0v) is 15.6. The lowest BCUT2D eigenvalue weighted by atomic mass is 10.1. The predicted molar refractivity (Wildman–Crippen MR) is 105 cm³/mol. The lowest BCUT2D eigenvalue weighted by molar-refractivity contribution is -0.0140. The molecule has 2 aromatic heterocycles. The number of hydrogen-bond acceptors (Lipinski definition) is 4. The summed E-state index contributed by atoms with van der Waals surface area (Å²) >= 11 is 0. The van der Waals surface area contributed by atoms with Crippen LogP contribution >= 0.6 is 0 Å². The van der Waals surface area contributed by atoms with Gasteiger partial charge in [0.1, 0.15) is 5.82 Å². The van der Waals surface area contributed by atoms with E-state index in [0.29, 0.717) is 6.61 Å². The molecule has 1 saturated heterocycles. The van der Waals surface area contributed by atoms with Crippen molar-refractivity contribution in [1.82, 2.24) is 19.4 Å². The zero-order valence-electron chi connectivity index (χ0n) is 15.6. The normalized spacial score (nSPS) is 17.9. The van der Waals surface area contributed by atoms with E-state index in [1.165, 1.54) is 5.56 Å². The molecule has 1 atom stereocenters. The van der Waals surface area contributed by atoms with E-state index >= 15 is 0 Å². The van der Waals surface area contributed by atoms with Gasteiger partial charge >= 0.3 is 0 Å². The van der Waals surface area contributed by atoms with E-state index in [-0.39, 0.29) is 6.10 Å². The topological polar surface area (TPSA) is 43.2 Å². The molecule has 0 amide bonds. The Balaban J connectivity index is 1.32. The van der Waals surface area contributed by atoms with E-state index in [2.05, 4.69) is 56.0 Å². The van der Waals surface area contributed by atoms with Crippen LogP contribution in [0.5, 0.6) is 0 Å². The Morgan fingerprint density at radius 2 is 1.85 bits per heavy atom. The van der Waals surface area contributed by atoms with Crippen LogP contribution in [0.2, 0.25) is 0 Å². The Labute approximate surface area is 160 Å². The number of imidazole rings is 1. The largest absolute Gasteiger partial charge is 0.371 e. The number of hydrogen-bond donors (Lipinski definition) is 0. The minimum absolute atomic E-state index is 0.262. The third-order valence-electron chi connectivity index (χ3n) is 5.02. The summed E-state index contributed by atoms with van der Waals surface area (Å²) in [5.41, 5.74) is 2.29. The second kappa shape index (κ2) is 8.93. The van der Waals surface area contributed by atoms with Crippen LogP contribution in [0, 0.1) is 0 Å². The number of nitrogens with zero attached hydrogens (tertiary/aromatic N) is 4. The van der Waals surface area contributed by atoms with Crippen molar-refractivity contribution in [2.24, 2.45) is 0 Å². The monoisotopic (exact) mass is 362 g/mol. The van der Waals surface area contributed by atoms with Gasteiger partial charge in [-0.05, 0) is 37.1 Å². The van der Waals surface area contributed by atoms with E-state index in [4.69, 9.17) is 4.74 Å². The van der Waals surface area contributed by atoms with Crippen molar-refractivity contribution < 1.29 is 4.74 Å². The summed E-state index contributed by atoms with van der Waals surface area (Å²) in [5, 5.41) is 0. The number of pyridine rings is 1. The van der Waals surface area contributed by atoms with Crippen LogP contribution in [0.1, 0.15) is 29.9 Å². The molecule has 1 aliphatic rings. The van der Waals surface area contributed by atoms with Crippen molar-refractivity contribution in [1.29, 1.82) is 0 Å². The first kappa shape index (κ1) is 17.9. The summed E-state index contributed by atoms with van der Waals surface area (Å²) in [6.07, 6.45) is 8.32. The van der Waals surface area contributed by atoms with Crippen molar-refractivity contribution in [3.8, 4) is 0 Å². The molecule has 3 heterocycles. The van der Waals surface area contributed by atoms with Crippen molar-refractivity contribution >= 4 is 0 Å². The average Bonchev–Trinajstić information content (AvgIpc) is 3.15. The van der Waals surface area contributed by atoms with Crippen LogP contribution < -0.4 is 0 Å². The van der Waals surface area contributed by atoms with E-state index in [9.17, 15) is 0 Å². The highest BCUT2D eigenvalue weighted by molar-refractivity contribution is 5.15. The van der Waals surface area contributed by atoms with Gasteiger partial charge in [0.15, 0.2) is 0 Å². The highest BCUT2D eigenvalue weighted by Crippen LogP contribution is 2.17. The van der Waals surface area contributed by atoms with Crippen molar-refractivity contribution in [2.75, 3.05) is 13.1 Å². The van der Waals surface area contributed by atoms with Gasteiger partial charge in [0.2, 0.25) is 0 Å². The summed E-state index contributed by atoms with van der Waals surface area (Å²) < 4.78 is 8.36. The molecule has 1 unspecified atom stereocenters. The fourth-order valence-corrected chi connectivity index (χ4v) is 3.60. The molecular weight excluding hydrogens is 336 g/mol. The van der Waals surface area contributed by atoms with Gasteiger partial charge in [0.25, 0.3) is 0 Å². The quantitative estimate of drug-likeness (QED) is 0.645. The van der Waals surface area contributed by atoms with Crippen molar-refractivity contribution in [3.05, 3.63) is 84.2 Å². The number of ether oxygens (including phenoxy) is 1. The fourth-order valence-electron chi connectivity index (χ4n) is 3.60. The van der Waals surface area contributed by atoms with Crippen molar-refractivity contribution in [2.45, 2.75) is 38.6 Å². The Kier molecular flexibility index (Phi) is 5.92.